The molecule has 0 unspecified atom stereocenters. The number of nitrogens with two attached hydrogens (primary N) is 1. The molecule has 0 aromatic heterocycles. The summed E-state index contributed by atoms with van der Waals surface area (Å²) >= 11 is 0. The lowest BCUT2D eigenvalue weighted by Gasteiger charge is -2.26. The number of carboxylic acids is 2. The molecule has 186 valence electrons. The minimum Gasteiger partial charge on any atom is -0.481 e. The third kappa shape index (κ3) is 12.2. The van der Waals surface area contributed by atoms with Gasteiger partial charge in [-0.05, 0) is 20.3 Å². The number of phosphoric ester groups is 2. The molecule has 0 aromatic carbocycles. The average molecular weight is 509 g/mol. The highest BCUT2D eigenvalue weighted by Crippen LogP contribution is 2.38. The molecule has 0 spiro atoms. The fraction of sp³-hybridized carbons (Fsp3) is 0.692. The Hall–Kier alpha value is -1.94. The standard InChI is InChI=1S/C13H25N3O14P2/c1-5(29-31(23,24)25)9(14)12(20)15-7(3-4-8(17)18)11(19)16-10(13(21)22)6(2)30-32(26,27)28/h5-7,9-10H,3-4,14H2,1-2H3,(H,15,20)(H,16,19)(H,17,18)(H,21,22)(H2,23,24,25)(H2,26,27,28)/t5-,6-,7+,9+,10+/m1/s1. The smallest absolute Gasteiger partial charge is 0.469 e. The van der Waals surface area contributed by atoms with Gasteiger partial charge < -0.3 is 46.2 Å². The van der Waals surface area contributed by atoms with Crippen LogP contribution >= 0.6 is 15.6 Å². The van der Waals surface area contributed by atoms with E-state index >= 15 is 0 Å². The zero-order valence-electron chi connectivity index (χ0n) is 16.7. The van der Waals surface area contributed by atoms with Crippen LogP contribution in [-0.2, 0) is 37.4 Å². The molecule has 19 heteroatoms. The Morgan fingerprint density at radius 3 is 1.75 bits per heavy atom. The molecule has 17 nitrogen and oxygen atoms in total. The molecule has 0 bridgehead atoms. The summed E-state index contributed by atoms with van der Waals surface area (Å²) < 4.78 is 30.2. The van der Waals surface area contributed by atoms with E-state index in [1.165, 1.54) is 0 Å². The number of carbonyl (C=O) groups excluding carboxylic acids is 2. The molecule has 2 amide bonds. The van der Waals surface area contributed by atoms with Crippen molar-refractivity contribution in [2.45, 2.75) is 57.0 Å². The molecule has 0 saturated heterocycles. The quantitative estimate of drug-likeness (QED) is 0.107. The van der Waals surface area contributed by atoms with E-state index in [2.05, 4.69) is 9.05 Å². The Balaban J connectivity index is 5.49. The van der Waals surface area contributed by atoms with Crippen molar-refractivity contribution in [3.8, 4) is 0 Å². The first-order valence-electron chi connectivity index (χ1n) is 8.63. The fourth-order valence-corrected chi connectivity index (χ4v) is 3.33. The van der Waals surface area contributed by atoms with Crippen LogP contribution < -0.4 is 16.4 Å². The summed E-state index contributed by atoms with van der Waals surface area (Å²) in [4.78, 5) is 82.0. The molecule has 0 fully saturated rings. The summed E-state index contributed by atoms with van der Waals surface area (Å²) in [6.45, 7) is 1.97. The van der Waals surface area contributed by atoms with Crippen LogP contribution in [0.4, 0.5) is 0 Å². The molecule has 0 radical (unpaired) electrons. The van der Waals surface area contributed by atoms with Gasteiger partial charge in [-0.3, -0.25) is 23.4 Å². The maximum absolute atomic E-state index is 12.5. The SMILES string of the molecule is C[C@@H](OP(=O)(O)O)[C@H](N)C(=O)N[C@@H](CCC(=O)O)C(=O)N[C@H](C(=O)O)[C@@H](C)OP(=O)(O)O. The summed E-state index contributed by atoms with van der Waals surface area (Å²) in [5.74, 6) is -5.60. The third-order valence-electron chi connectivity index (χ3n) is 3.73. The van der Waals surface area contributed by atoms with Gasteiger partial charge in [0.05, 0.1) is 12.2 Å². The van der Waals surface area contributed by atoms with Crippen LogP contribution in [0.25, 0.3) is 0 Å². The van der Waals surface area contributed by atoms with E-state index in [9.17, 15) is 33.4 Å². The largest absolute Gasteiger partial charge is 0.481 e. The molecule has 0 saturated carbocycles. The van der Waals surface area contributed by atoms with Crippen LogP contribution in [0.5, 0.6) is 0 Å². The second-order valence-corrected chi connectivity index (χ2v) is 8.83. The highest BCUT2D eigenvalue weighted by Gasteiger charge is 2.36. The minimum absolute atomic E-state index is 0.562. The van der Waals surface area contributed by atoms with Gasteiger partial charge in [0, 0.05) is 6.42 Å². The lowest BCUT2D eigenvalue weighted by molar-refractivity contribution is -0.145. The topological polar surface area (TPSA) is 292 Å². The second kappa shape index (κ2) is 12.3. The van der Waals surface area contributed by atoms with Crippen molar-refractivity contribution in [1.29, 1.82) is 0 Å². The number of carboxylic acid groups (broad SMARTS) is 2. The first kappa shape index (κ1) is 30.1. The summed E-state index contributed by atoms with van der Waals surface area (Å²) in [5.41, 5.74) is 5.51. The zero-order valence-corrected chi connectivity index (χ0v) is 18.5. The Bertz CT molecular complexity index is 795. The maximum atomic E-state index is 12.5. The normalized spacial score (nSPS) is 16.8. The molecule has 0 aliphatic carbocycles. The van der Waals surface area contributed by atoms with Gasteiger partial charge in [-0.15, -0.1) is 0 Å². The lowest BCUT2D eigenvalue weighted by Crippen LogP contribution is -2.58. The third-order valence-corrected chi connectivity index (χ3v) is 4.94. The summed E-state index contributed by atoms with van der Waals surface area (Å²) in [6, 6.07) is -5.43. The van der Waals surface area contributed by atoms with E-state index in [1.807, 2.05) is 10.6 Å². The van der Waals surface area contributed by atoms with Gasteiger partial charge >= 0.3 is 27.6 Å². The number of hydrogen-bond acceptors (Lipinski definition) is 9. The molecular formula is C13H25N3O14P2. The molecule has 10 N–H and O–H groups in total. The van der Waals surface area contributed by atoms with E-state index < -0.39 is 82.6 Å². The van der Waals surface area contributed by atoms with Crippen LogP contribution in [0.2, 0.25) is 0 Å². The Morgan fingerprint density at radius 2 is 1.34 bits per heavy atom. The van der Waals surface area contributed by atoms with Crippen molar-refractivity contribution >= 4 is 39.4 Å². The van der Waals surface area contributed by atoms with Crippen molar-refractivity contribution in [3.05, 3.63) is 0 Å². The number of nitrogens with one attached hydrogen (secondary N) is 2. The Labute approximate surface area is 180 Å². The average Bonchev–Trinajstić information content (AvgIpc) is 2.58. The number of amides is 2. The van der Waals surface area contributed by atoms with Crippen LogP contribution in [0.3, 0.4) is 0 Å². The zero-order chi connectivity index (χ0) is 25.4. The van der Waals surface area contributed by atoms with Crippen LogP contribution in [0.1, 0.15) is 26.7 Å². The number of phosphoric acid groups is 2. The number of aliphatic carboxylic acids is 2. The molecule has 0 rings (SSSR count). The highest BCUT2D eigenvalue weighted by atomic mass is 31.2. The lowest BCUT2D eigenvalue weighted by atomic mass is 10.1. The fourth-order valence-electron chi connectivity index (χ4n) is 2.21. The van der Waals surface area contributed by atoms with Crippen molar-refractivity contribution < 1.29 is 67.1 Å². The van der Waals surface area contributed by atoms with E-state index in [4.69, 9.17) is 30.4 Å². The highest BCUT2D eigenvalue weighted by molar-refractivity contribution is 7.46. The number of carbonyl (C=O) groups is 4. The van der Waals surface area contributed by atoms with Gasteiger partial charge in [0.2, 0.25) is 11.8 Å². The monoisotopic (exact) mass is 509 g/mol. The predicted octanol–water partition coefficient (Wildman–Crippen LogP) is -2.77. The Morgan fingerprint density at radius 1 is 0.875 bits per heavy atom. The maximum Gasteiger partial charge on any atom is 0.469 e. The molecule has 32 heavy (non-hydrogen) atoms. The molecule has 0 heterocycles. The second-order valence-electron chi connectivity index (χ2n) is 6.45. The van der Waals surface area contributed by atoms with Gasteiger partial charge in [-0.1, -0.05) is 0 Å². The first-order valence-corrected chi connectivity index (χ1v) is 11.7. The first-order chi connectivity index (χ1) is 14.3. The molecule has 0 aliphatic rings. The van der Waals surface area contributed by atoms with Crippen LogP contribution in [0.15, 0.2) is 0 Å². The molecule has 5 atom stereocenters. The number of rotatable bonds is 14. The minimum atomic E-state index is -5.13. The van der Waals surface area contributed by atoms with Crippen molar-refractivity contribution in [3.63, 3.8) is 0 Å². The van der Waals surface area contributed by atoms with Crippen molar-refractivity contribution in [2.75, 3.05) is 0 Å². The van der Waals surface area contributed by atoms with Gasteiger partial charge in [-0.2, -0.15) is 0 Å². The predicted molar refractivity (Wildman–Crippen MR) is 102 cm³/mol. The van der Waals surface area contributed by atoms with E-state index in [-0.39, 0.29) is 0 Å². The van der Waals surface area contributed by atoms with Gasteiger partial charge in [0.25, 0.3) is 0 Å². The van der Waals surface area contributed by atoms with E-state index in [0.29, 0.717) is 0 Å². The summed E-state index contributed by atoms with van der Waals surface area (Å²) in [5, 5.41) is 21.9. The molecular weight excluding hydrogens is 484 g/mol. The summed E-state index contributed by atoms with van der Waals surface area (Å²) in [6.07, 6.45) is -4.52. The van der Waals surface area contributed by atoms with E-state index in [1.54, 1.807) is 0 Å². The van der Waals surface area contributed by atoms with Gasteiger partial charge in [-0.25, -0.2) is 13.9 Å². The Kier molecular flexibility index (Phi) is 11.6. The van der Waals surface area contributed by atoms with Gasteiger partial charge in [0.15, 0.2) is 6.04 Å². The van der Waals surface area contributed by atoms with Crippen molar-refractivity contribution in [1.82, 2.24) is 10.6 Å². The number of hydrogen-bond donors (Lipinski definition) is 9. The molecule has 0 aromatic rings. The van der Waals surface area contributed by atoms with E-state index in [0.717, 1.165) is 13.8 Å². The van der Waals surface area contributed by atoms with Crippen molar-refractivity contribution in [2.24, 2.45) is 5.73 Å². The molecule has 0 aliphatic heterocycles. The van der Waals surface area contributed by atoms with Crippen LogP contribution in [-0.4, -0.2) is 83.9 Å². The summed E-state index contributed by atoms with van der Waals surface area (Å²) in [7, 11) is -10.1. The van der Waals surface area contributed by atoms with Gasteiger partial charge in [0.1, 0.15) is 12.1 Å². The van der Waals surface area contributed by atoms with Crippen LogP contribution in [0, 0.1) is 0 Å².